The van der Waals surface area contributed by atoms with Gasteiger partial charge in [-0.1, -0.05) is 0 Å². The standard InChI is InChI=1S/C11H12N4OS/c16-10-3-8(4-13-7-1-2-7)14-11(15-10)9-5-12-6-17-9/h3,5-7,13H,1-2,4H2,(H,14,15,16). The number of hydrogen-bond acceptors (Lipinski definition) is 5. The van der Waals surface area contributed by atoms with Gasteiger partial charge in [-0.2, -0.15) is 0 Å². The molecule has 0 bridgehead atoms. The SMILES string of the molecule is O=c1cc(CNC2CC2)nc(-c2cncs2)[nH]1. The second kappa shape index (κ2) is 4.38. The summed E-state index contributed by atoms with van der Waals surface area (Å²) < 4.78 is 0. The molecule has 1 aliphatic carbocycles. The fraction of sp³-hybridized carbons (Fsp3) is 0.364. The fourth-order valence-electron chi connectivity index (χ4n) is 1.58. The molecule has 0 amide bonds. The molecule has 1 fully saturated rings. The molecule has 0 aliphatic heterocycles. The first-order valence-corrected chi connectivity index (χ1v) is 6.42. The van der Waals surface area contributed by atoms with Gasteiger partial charge in [0.25, 0.3) is 5.56 Å². The highest BCUT2D eigenvalue weighted by Crippen LogP contribution is 2.20. The van der Waals surface area contributed by atoms with Crippen LogP contribution in [0.25, 0.3) is 10.7 Å². The highest BCUT2D eigenvalue weighted by molar-refractivity contribution is 7.13. The van der Waals surface area contributed by atoms with Gasteiger partial charge in [-0.25, -0.2) is 4.98 Å². The Kier molecular flexibility index (Phi) is 2.74. The number of hydrogen-bond donors (Lipinski definition) is 2. The van der Waals surface area contributed by atoms with Gasteiger partial charge in [0.1, 0.15) is 0 Å². The summed E-state index contributed by atoms with van der Waals surface area (Å²) in [4.78, 5) is 23.6. The Balaban J connectivity index is 1.86. The molecule has 0 aromatic carbocycles. The van der Waals surface area contributed by atoms with E-state index >= 15 is 0 Å². The first kappa shape index (κ1) is 10.6. The van der Waals surface area contributed by atoms with Crippen LogP contribution in [0.5, 0.6) is 0 Å². The zero-order valence-corrected chi connectivity index (χ0v) is 9.96. The number of rotatable bonds is 4. The van der Waals surface area contributed by atoms with E-state index in [9.17, 15) is 4.79 Å². The van der Waals surface area contributed by atoms with Gasteiger partial charge < -0.3 is 10.3 Å². The van der Waals surface area contributed by atoms with Crippen LogP contribution in [0, 0.1) is 0 Å². The summed E-state index contributed by atoms with van der Waals surface area (Å²) in [5.41, 5.74) is 2.39. The lowest BCUT2D eigenvalue weighted by Crippen LogP contribution is -2.19. The van der Waals surface area contributed by atoms with Crippen molar-refractivity contribution in [3.05, 3.63) is 33.8 Å². The summed E-state index contributed by atoms with van der Waals surface area (Å²) in [6, 6.07) is 2.16. The van der Waals surface area contributed by atoms with E-state index in [-0.39, 0.29) is 5.56 Å². The minimum absolute atomic E-state index is 0.115. The van der Waals surface area contributed by atoms with Gasteiger partial charge in [-0.05, 0) is 12.8 Å². The number of H-pyrrole nitrogens is 1. The van der Waals surface area contributed by atoms with Crippen LogP contribution in [0.4, 0.5) is 0 Å². The number of nitrogens with one attached hydrogen (secondary N) is 2. The van der Waals surface area contributed by atoms with Crippen molar-refractivity contribution >= 4 is 11.3 Å². The second-order valence-corrected chi connectivity index (χ2v) is 4.99. The molecule has 2 aromatic heterocycles. The predicted molar refractivity (Wildman–Crippen MR) is 65.8 cm³/mol. The van der Waals surface area contributed by atoms with Crippen LogP contribution in [0.15, 0.2) is 22.6 Å². The van der Waals surface area contributed by atoms with E-state index in [4.69, 9.17) is 0 Å². The predicted octanol–water partition coefficient (Wildman–Crippen LogP) is 1.15. The van der Waals surface area contributed by atoms with E-state index in [1.807, 2.05) is 0 Å². The largest absolute Gasteiger partial charge is 0.308 e. The van der Waals surface area contributed by atoms with Crippen molar-refractivity contribution in [1.29, 1.82) is 0 Å². The minimum Gasteiger partial charge on any atom is -0.308 e. The summed E-state index contributed by atoms with van der Waals surface area (Å²) in [6.45, 7) is 0.653. The van der Waals surface area contributed by atoms with E-state index in [1.54, 1.807) is 17.8 Å². The van der Waals surface area contributed by atoms with E-state index < -0.39 is 0 Å². The van der Waals surface area contributed by atoms with Crippen LogP contribution in [-0.2, 0) is 6.54 Å². The zero-order valence-electron chi connectivity index (χ0n) is 9.14. The molecule has 0 radical (unpaired) electrons. The van der Waals surface area contributed by atoms with Crippen molar-refractivity contribution < 1.29 is 0 Å². The van der Waals surface area contributed by atoms with Gasteiger partial charge in [-0.15, -0.1) is 11.3 Å². The van der Waals surface area contributed by atoms with Crippen LogP contribution in [-0.4, -0.2) is 21.0 Å². The molecular weight excluding hydrogens is 236 g/mol. The average molecular weight is 248 g/mol. The molecule has 1 aliphatic rings. The first-order valence-electron chi connectivity index (χ1n) is 5.54. The maximum absolute atomic E-state index is 11.5. The lowest BCUT2D eigenvalue weighted by atomic mass is 10.3. The molecule has 1 saturated carbocycles. The number of aromatic nitrogens is 3. The number of nitrogens with zero attached hydrogens (tertiary/aromatic N) is 2. The van der Waals surface area contributed by atoms with Gasteiger partial charge >= 0.3 is 0 Å². The third kappa shape index (κ3) is 2.59. The lowest BCUT2D eigenvalue weighted by molar-refractivity contribution is 0.672. The summed E-state index contributed by atoms with van der Waals surface area (Å²) in [5, 5.41) is 3.35. The van der Waals surface area contributed by atoms with Crippen molar-refractivity contribution in [2.45, 2.75) is 25.4 Å². The Hall–Kier alpha value is -1.53. The number of thiazole rings is 1. The Morgan fingerprint density at radius 2 is 2.41 bits per heavy atom. The van der Waals surface area contributed by atoms with Crippen molar-refractivity contribution in [1.82, 2.24) is 20.3 Å². The Labute approximate surface area is 102 Å². The molecule has 3 rings (SSSR count). The molecule has 0 spiro atoms. The van der Waals surface area contributed by atoms with E-state index in [0.29, 0.717) is 18.4 Å². The van der Waals surface area contributed by atoms with Crippen LogP contribution < -0.4 is 10.9 Å². The van der Waals surface area contributed by atoms with Crippen LogP contribution in [0.1, 0.15) is 18.5 Å². The molecule has 88 valence electrons. The first-order chi connectivity index (χ1) is 8.31. The molecule has 0 atom stereocenters. The van der Waals surface area contributed by atoms with Gasteiger partial charge in [0.2, 0.25) is 0 Å². The Bertz CT molecular complexity index is 559. The van der Waals surface area contributed by atoms with Crippen LogP contribution in [0.3, 0.4) is 0 Å². The van der Waals surface area contributed by atoms with Crippen molar-refractivity contribution in [3.63, 3.8) is 0 Å². The smallest absolute Gasteiger partial charge is 0.251 e. The summed E-state index contributed by atoms with van der Waals surface area (Å²) in [5.74, 6) is 0.604. The second-order valence-electron chi connectivity index (χ2n) is 4.11. The average Bonchev–Trinajstić information content (AvgIpc) is 2.98. The van der Waals surface area contributed by atoms with E-state index in [1.165, 1.54) is 24.2 Å². The number of aromatic amines is 1. The third-order valence-corrected chi connectivity index (χ3v) is 3.39. The van der Waals surface area contributed by atoms with E-state index in [0.717, 1.165) is 10.6 Å². The van der Waals surface area contributed by atoms with E-state index in [2.05, 4.69) is 20.3 Å². The van der Waals surface area contributed by atoms with Crippen LogP contribution >= 0.6 is 11.3 Å². The maximum atomic E-state index is 11.5. The minimum atomic E-state index is -0.115. The molecule has 6 heteroatoms. The monoisotopic (exact) mass is 248 g/mol. The highest BCUT2D eigenvalue weighted by Gasteiger charge is 2.20. The quantitative estimate of drug-likeness (QED) is 0.851. The van der Waals surface area contributed by atoms with Crippen LogP contribution in [0.2, 0.25) is 0 Å². The molecular formula is C11H12N4OS. The van der Waals surface area contributed by atoms with Gasteiger partial charge in [0, 0.05) is 24.8 Å². The van der Waals surface area contributed by atoms with Crippen molar-refractivity contribution in [3.8, 4) is 10.7 Å². The molecule has 2 N–H and O–H groups in total. The molecule has 2 aromatic rings. The molecule has 5 nitrogen and oxygen atoms in total. The molecule has 0 unspecified atom stereocenters. The lowest BCUT2D eigenvalue weighted by Gasteiger charge is -2.03. The van der Waals surface area contributed by atoms with Crippen molar-refractivity contribution in [2.75, 3.05) is 0 Å². The highest BCUT2D eigenvalue weighted by atomic mass is 32.1. The normalized spacial score (nSPS) is 15.1. The summed E-state index contributed by atoms with van der Waals surface area (Å²) in [6.07, 6.45) is 4.16. The summed E-state index contributed by atoms with van der Waals surface area (Å²) in [7, 11) is 0. The fourth-order valence-corrected chi connectivity index (χ4v) is 2.15. The third-order valence-electron chi connectivity index (χ3n) is 2.61. The molecule has 17 heavy (non-hydrogen) atoms. The zero-order chi connectivity index (χ0) is 11.7. The van der Waals surface area contributed by atoms with Gasteiger partial charge in [-0.3, -0.25) is 9.78 Å². The maximum Gasteiger partial charge on any atom is 0.251 e. The Morgan fingerprint density at radius 1 is 1.53 bits per heavy atom. The van der Waals surface area contributed by atoms with Gasteiger partial charge in [0.15, 0.2) is 5.82 Å². The molecule has 0 saturated heterocycles. The summed E-state index contributed by atoms with van der Waals surface area (Å²) >= 11 is 1.47. The Morgan fingerprint density at radius 3 is 3.12 bits per heavy atom. The van der Waals surface area contributed by atoms with Gasteiger partial charge in [0.05, 0.1) is 16.1 Å². The molecule has 2 heterocycles. The topological polar surface area (TPSA) is 70.7 Å². The van der Waals surface area contributed by atoms with Crippen molar-refractivity contribution in [2.24, 2.45) is 0 Å².